The highest BCUT2D eigenvalue weighted by atomic mass is 32.1. The first-order chi connectivity index (χ1) is 8.97. The number of hydrogen-bond donors (Lipinski definition) is 2. The number of fused-ring (bicyclic) bond motifs is 1. The van der Waals surface area contributed by atoms with Crippen LogP contribution in [0.2, 0.25) is 0 Å². The molecule has 2 aliphatic carbocycles. The molecule has 102 valence electrons. The molecule has 3 rings (SSSR count). The fraction of sp³-hybridized carbons (Fsp3) is 0.600. The van der Waals surface area contributed by atoms with Gasteiger partial charge in [-0.05, 0) is 49.1 Å². The molecule has 0 amide bonds. The van der Waals surface area contributed by atoms with Gasteiger partial charge in [-0.3, -0.25) is 0 Å². The zero-order chi connectivity index (χ0) is 13.6. The molecule has 1 heterocycles. The monoisotopic (exact) mass is 275 g/mol. The van der Waals surface area contributed by atoms with Crippen molar-refractivity contribution < 1.29 is 0 Å². The Morgan fingerprint density at radius 3 is 2.74 bits per heavy atom. The molecule has 1 aromatic rings. The second kappa shape index (κ2) is 4.44. The zero-order valence-electron chi connectivity index (χ0n) is 11.6. The van der Waals surface area contributed by atoms with E-state index in [0.717, 1.165) is 24.2 Å². The zero-order valence-corrected chi connectivity index (χ0v) is 12.4. The maximum Gasteiger partial charge on any atom is 0.136 e. The molecular weight excluding hydrogens is 254 g/mol. The van der Waals surface area contributed by atoms with Gasteiger partial charge in [-0.25, -0.2) is 4.98 Å². The quantitative estimate of drug-likeness (QED) is 0.833. The SMILES string of the molecule is CC1(C)CC1Nc1nc2c(cc1C(N)=S)CCCC2. The van der Waals surface area contributed by atoms with Crippen molar-refractivity contribution in [3.8, 4) is 0 Å². The lowest BCUT2D eigenvalue weighted by molar-refractivity contribution is 0.628. The predicted octanol–water partition coefficient (Wildman–Crippen LogP) is 2.81. The smallest absolute Gasteiger partial charge is 0.136 e. The average Bonchev–Trinajstić information content (AvgIpc) is 2.95. The highest BCUT2D eigenvalue weighted by Crippen LogP contribution is 2.46. The minimum absolute atomic E-state index is 0.366. The van der Waals surface area contributed by atoms with Crippen LogP contribution in [-0.4, -0.2) is 16.0 Å². The summed E-state index contributed by atoms with van der Waals surface area (Å²) < 4.78 is 0. The van der Waals surface area contributed by atoms with Crippen LogP contribution < -0.4 is 11.1 Å². The molecule has 1 fully saturated rings. The molecule has 0 bridgehead atoms. The molecule has 0 aliphatic heterocycles. The first-order valence-electron chi connectivity index (χ1n) is 7.06. The minimum Gasteiger partial charge on any atom is -0.389 e. The summed E-state index contributed by atoms with van der Waals surface area (Å²) in [4.78, 5) is 5.25. The van der Waals surface area contributed by atoms with Crippen LogP contribution in [0.25, 0.3) is 0 Å². The van der Waals surface area contributed by atoms with Gasteiger partial charge in [0, 0.05) is 11.7 Å². The molecule has 4 heteroatoms. The number of thiocarbonyl (C=S) groups is 1. The third kappa shape index (κ3) is 2.46. The van der Waals surface area contributed by atoms with Gasteiger partial charge in [-0.15, -0.1) is 0 Å². The summed E-state index contributed by atoms with van der Waals surface area (Å²) in [6, 6.07) is 2.65. The van der Waals surface area contributed by atoms with Gasteiger partial charge in [-0.2, -0.15) is 0 Å². The fourth-order valence-electron chi connectivity index (χ4n) is 2.81. The van der Waals surface area contributed by atoms with Gasteiger partial charge in [0.25, 0.3) is 0 Å². The van der Waals surface area contributed by atoms with Gasteiger partial charge in [0.05, 0.1) is 5.56 Å². The highest BCUT2D eigenvalue weighted by Gasteiger charge is 2.46. The molecule has 0 saturated heterocycles. The Labute approximate surface area is 120 Å². The number of pyridine rings is 1. The molecule has 3 nitrogen and oxygen atoms in total. The second-order valence-corrected chi connectivity index (χ2v) is 6.89. The van der Waals surface area contributed by atoms with Crippen molar-refractivity contribution in [2.45, 2.75) is 52.0 Å². The molecule has 1 aromatic heterocycles. The van der Waals surface area contributed by atoms with Crippen LogP contribution in [0.3, 0.4) is 0 Å². The summed E-state index contributed by atoms with van der Waals surface area (Å²) in [6.07, 6.45) is 5.85. The van der Waals surface area contributed by atoms with Crippen LogP contribution in [0.5, 0.6) is 0 Å². The van der Waals surface area contributed by atoms with E-state index in [9.17, 15) is 0 Å². The number of hydrogen-bond acceptors (Lipinski definition) is 3. The van der Waals surface area contributed by atoms with E-state index in [1.54, 1.807) is 0 Å². The average molecular weight is 275 g/mol. The first-order valence-corrected chi connectivity index (χ1v) is 7.47. The maximum atomic E-state index is 5.86. The first kappa shape index (κ1) is 12.9. The molecule has 2 aliphatic rings. The lowest BCUT2D eigenvalue weighted by atomic mass is 9.94. The fourth-order valence-corrected chi connectivity index (χ4v) is 2.97. The minimum atomic E-state index is 0.366. The molecule has 0 spiro atoms. The van der Waals surface area contributed by atoms with Crippen LogP contribution >= 0.6 is 12.2 Å². The number of nitrogens with two attached hydrogens (primary N) is 1. The number of nitrogens with one attached hydrogen (secondary N) is 1. The molecule has 0 radical (unpaired) electrons. The lowest BCUT2D eigenvalue weighted by Gasteiger charge is -2.19. The van der Waals surface area contributed by atoms with E-state index in [0.29, 0.717) is 16.4 Å². The molecular formula is C15H21N3S. The molecule has 0 aromatic carbocycles. The largest absolute Gasteiger partial charge is 0.389 e. The molecule has 3 N–H and O–H groups in total. The summed E-state index contributed by atoms with van der Waals surface area (Å²) >= 11 is 5.18. The van der Waals surface area contributed by atoms with Crippen molar-refractivity contribution >= 4 is 23.0 Å². The Morgan fingerprint density at radius 2 is 2.11 bits per heavy atom. The Kier molecular flexibility index (Phi) is 3.01. The van der Waals surface area contributed by atoms with E-state index < -0.39 is 0 Å². The Bertz CT molecular complexity index is 536. The van der Waals surface area contributed by atoms with Crippen molar-refractivity contribution in [3.05, 3.63) is 22.9 Å². The molecule has 1 saturated carbocycles. The summed E-state index contributed by atoms with van der Waals surface area (Å²) in [7, 11) is 0. The van der Waals surface area contributed by atoms with Crippen molar-refractivity contribution in [2.75, 3.05) is 5.32 Å². The van der Waals surface area contributed by atoms with Crippen molar-refractivity contribution in [1.29, 1.82) is 0 Å². The van der Waals surface area contributed by atoms with E-state index in [4.69, 9.17) is 22.9 Å². The maximum absolute atomic E-state index is 5.86. The third-order valence-corrected chi connectivity index (χ3v) is 4.61. The van der Waals surface area contributed by atoms with Gasteiger partial charge in [-0.1, -0.05) is 26.1 Å². The van der Waals surface area contributed by atoms with Gasteiger partial charge in [0.2, 0.25) is 0 Å². The molecule has 1 unspecified atom stereocenters. The van der Waals surface area contributed by atoms with E-state index in [-0.39, 0.29) is 0 Å². The summed E-state index contributed by atoms with van der Waals surface area (Å²) in [5.74, 6) is 0.892. The number of anilines is 1. The Balaban J connectivity index is 1.94. The highest BCUT2D eigenvalue weighted by molar-refractivity contribution is 7.80. The van der Waals surface area contributed by atoms with E-state index in [1.807, 2.05) is 0 Å². The van der Waals surface area contributed by atoms with E-state index >= 15 is 0 Å². The normalized spacial score (nSPS) is 23.6. The van der Waals surface area contributed by atoms with Crippen LogP contribution in [0.15, 0.2) is 6.07 Å². The second-order valence-electron chi connectivity index (χ2n) is 6.45. The van der Waals surface area contributed by atoms with Gasteiger partial charge in [0.1, 0.15) is 10.8 Å². The summed E-state index contributed by atoms with van der Waals surface area (Å²) in [5, 5.41) is 3.53. The van der Waals surface area contributed by atoms with E-state index in [2.05, 4.69) is 25.2 Å². The topological polar surface area (TPSA) is 50.9 Å². The third-order valence-electron chi connectivity index (χ3n) is 4.39. The summed E-state index contributed by atoms with van der Waals surface area (Å²) in [5.41, 5.74) is 9.70. The van der Waals surface area contributed by atoms with Crippen LogP contribution in [0, 0.1) is 5.41 Å². The number of aryl methyl sites for hydroxylation is 2. The summed E-state index contributed by atoms with van der Waals surface area (Å²) in [6.45, 7) is 4.53. The van der Waals surface area contributed by atoms with Gasteiger partial charge < -0.3 is 11.1 Å². The predicted molar refractivity (Wildman–Crippen MR) is 82.6 cm³/mol. The van der Waals surface area contributed by atoms with Crippen molar-refractivity contribution in [1.82, 2.24) is 4.98 Å². The molecule has 1 atom stereocenters. The van der Waals surface area contributed by atoms with E-state index in [1.165, 1.54) is 30.5 Å². The van der Waals surface area contributed by atoms with Gasteiger partial charge in [0.15, 0.2) is 0 Å². The Morgan fingerprint density at radius 1 is 1.42 bits per heavy atom. The lowest BCUT2D eigenvalue weighted by Crippen LogP contribution is -2.20. The number of nitrogens with zero attached hydrogens (tertiary/aromatic N) is 1. The van der Waals surface area contributed by atoms with Crippen LogP contribution in [0.4, 0.5) is 5.82 Å². The van der Waals surface area contributed by atoms with Gasteiger partial charge >= 0.3 is 0 Å². The standard InChI is InChI=1S/C15H21N3S/c1-15(2)8-12(15)18-14-10(13(16)19)7-9-5-3-4-6-11(9)17-14/h7,12H,3-6,8H2,1-2H3,(H2,16,19)(H,17,18). The van der Waals surface area contributed by atoms with Crippen molar-refractivity contribution in [2.24, 2.45) is 11.1 Å². The van der Waals surface area contributed by atoms with Crippen LogP contribution in [-0.2, 0) is 12.8 Å². The molecule has 19 heavy (non-hydrogen) atoms. The number of rotatable bonds is 3. The Hall–Kier alpha value is -1.16. The number of aromatic nitrogens is 1. The van der Waals surface area contributed by atoms with Crippen molar-refractivity contribution in [3.63, 3.8) is 0 Å². The van der Waals surface area contributed by atoms with Crippen LogP contribution in [0.1, 0.15) is 49.9 Å².